The Morgan fingerprint density at radius 3 is 2.56 bits per heavy atom. The van der Waals surface area contributed by atoms with E-state index < -0.39 is 5.92 Å². The van der Waals surface area contributed by atoms with Gasteiger partial charge in [0, 0.05) is 26.2 Å². The van der Waals surface area contributed by atoms with Gasteiger partial charge in [0.1, 0.15) is 5.69 Å². The summed E-state index contributed by atoms with van der Waals surface area (Å²) in [6.45, 7) is 2.83. The molecular formula is C19H21N3O3. The number of hydrogen-bond donors (Lipinski definition) is 1. The predicted molar refractivity (Wildman–Crippen MR) is 95.4 cm³/mol. The van der Waals surface area contributed by atoms with Crippen LogP contribution in [0.3, 0.4) is 0 Å². The first-order valence-electron chi connectivity index (χ1n) is 8.24. The Hall–Kier alpha value is -2.89. The van der Waals surface area contributed by atoms with Crippen LogP contribution >= 0.6 is 0 Å². The Morgan fingerprint density at radius 2 is 1.92 bits per heavy atom. The normalized spacial score (nSPS) is 17.0. The Morgan fingerprint density at radius 1 is 1.20 bits per heavy atom. The number of aromatic nitrogens is 1. The summed E-state index contributed by atoms with van der Waals surface area (Å²) >= 11 is 0. The number of amides is 2. The lowest BCUT2D eigenvalue weighted by Crippen LogP contribution is -2.30. The van der Waals surface area contributed by atoms with Crippen molar-refractivity contribution in [1.29, 1.82) is 0 Å². The molecule has 2 heterocycles. The molecule has 1 unspecified atom stereocenters. The molecule has 1 N–H and O–H groups in total. The van der Waals surface area contributed by atoms with Crippen molar-refractivity contribution < 1.29 is 9.59 Å². The van der Waals surface area contributed by atoms with Crippen LogP contribution in [-0.4, -0.2) is 34.9 Å². The van der Waals surface area contributed by atoms with Crippen molar-refractivity contribution >= 4 is 17.5 Å². The number of hydrogen-bond acceptors (Lipinski definition) is 3. The molecule has 0 aliphatic carbocycles. The molecule has 1 aromatic heterocycles. The Labute approximate surface area is 146 Å². The number of anilines is 1. The highest BCUT2D eigenvalue weighted by Crippen LogP contribution is 2.17. The zero-order chi connectivity index (χ0) is 18.0. The molecule has 6 nitrogen and oxygen atoms in total. The highest BCUT2D eigenvalue weighted by atomic mass is 16.2. The molecule has 1 aliphatic rings. The summed E-state index contributed by atoms with van der Waals surface area (Å²) < 4.78 is 1.56. The van der Waals surface area contributed by atoms with Crippen LogP contribution in [0.25, 0.3) is 0 Å². The van der Waals surface area contributed by atoms with E-state index in [4.69, 9.17) is 0 Å². The lowest BCUT2D eigenvalue weighted by Gasteiger charge is -2.12. The van der Waals surface area contributed by atoms with E-state index in [9.17, 15) is 14.4 Å². The highest BCUT2D eigenvalue weighted by molar-refractivity contribution is 5.97. The number of nitrogens with zero attached hydrogens (tertiary/aromatic N) is 2. The van der Waals surface area contributed by atoms with Crippen LogP contribution in [-0.2, 0) is 16.1 Å². The number of nitrogens with one attached hydrogen (secondary N) is 1. The average molecular weight is 339 g/mol. The monoisotopic (exact) mass is 339 g/mol. The SMILES string of the molecule is Cc1ccc(Cn2cccc(NC(=O)C3CC(=O)N(C)C3)c2=O)cc1. The quantitative estimate of drug-likeness (QED) is 0.920. The summed E-state index contributed by atoms with van der Waals surface area (Å²) in [4.78, 5) is 38.0. The fraction of sp³-hybridized carbons (Fsp3) is 0.316. The van der Waals surface area contributed by atoms with Gasteiger partial charge in [-0.25, -0.2) is 0 Å². The first-order chi connectivity index (χ1) is 11.9. The Kier molecular flexibility index (Phi) is 4.70. The van der Waals surface area contributed by atoms with E-state index in [-0.39, 0.29) is 29.5 Å². The third-order valence-electron chi connectivity index (χ3n) is 4.46. The van der Waals surface area contributed by atoms with Crippen molar-refractivity contribution in [3.8, 4) is 0 Å². The van der Waals surface area contributed by atoms with Crippen molar-refractivity contribution in [3.63, 3.8) is 0 Å². The van der Waals surface area contributed by atoms with Gasteiger partial charge in [-0.15, -0.1) is 0 Å². The molecule has 2 amide bonds. The Bertz CT molecular complexity index is 855. The molecule has 1 saturated heterocycles. The molecule has 3 rings (SSSR count). The molecule has 1 aliphatic heterocycles. The van der Waals surface area contributed by atoms with Crippen molar-refractivity contribution in [2.24, 2.45) is 5.92 Å². The van der Waals surface area contributed by atoms with Gasteiger partial charge in [-0.1, -0.05) is 29.8 Å². The van der Waals surface area contributed by atoms with E-state index in [1.165, 1.54) is 4.90 Å². The molecule has 1 fully saturated rings. The van der Waals surface area contributed by atoms with Gasteiger partial charge >= 0.3 is 0 Å². The molecule has 130 valence electrons. The number of aryl methyl sites for hydroxylation is 1. The number of pyridine rings is 1. The largest absolute Gasteiger partial charge is 0.345 e. The number of benzene rings is 1. The van der Waals surface area contributed by atoms with E-state index in [1.807, 2.05) is 31.2 Å². The van der Waals surface area contributed by atoms with Gasteiger partial charge in [0.2, 0.25) is 11.8 Å². The van der Waals surface area contributed by atoms with Crippen LogP contribution in [0, 0.1) is 12.8 Å². The fourth-order valence-electron chi connectivity index (χ4n) is 2.92. The second kappa shape index (κ2) is 6.93. The number of carbonyl (C=O) groups excluding carboxylic acids is 2. The molecule has 1 atom stereocenters. The number of rotatable bonds is 4. The zero-order valence-corrected chi connectivity index (χ0v) is 14.4. The van der Waals surface area contributed by atoms with E-state index in [0.29, 0.717) is 13.1 Å². The lowest BCUT2D eigenvalue weighted by molar-refractivity contribution is -0.127. The number of carbonyl (C=O) groups is 2. The van der Waals surface area contributed by atoms with E-state index >= 15 is 0 Å². The molecule has 2 aromatic rings. The third-order valence-corrected chi connectivity index (χ3v) is 4.46. The van der Waals surface area contributed by atoms with Crippen LogP contribution in [0.2, 0.25) is 0 Å². The van der Waals surface area contributed by atoms with Crippen molar-refractivity contribution in [2.75, 3.05) is 18.9 Å². The molecule has 25 heavy (non-hydrogen) atoms. The van der Waals surface area contributed by atoms with E-state index in [1.54, 1.807) is 29.9 Å². The lowest BCUT2D eigenvalue weighted by atomic mass is 10.1. The average Bonchev–Trinajstić information content (AvgIpc) is 2.92. The summed E-state index contributed by atoms with van der Waals surface area (Å²) in [5.41, 5.74) is 2.16. The van der Waals surface area contributed by atoms with Gasteiger partial charge in [0.15, 0.2) is 0 Å². The molecule has 0 bridgehead atoms. The highest BCUT2D eigenvalue weighted by Gasteiger charge is 2.32. The Balaban J connectivity index is 1.75. The van der Waals surface area contributed by atoms with Crippen LogP contribution < -0.4 is 10.9 Å². The van der Waals surface area contributed by atoms with Crippen molar-refractivity contribution in [2.45, 2.75) is 19.9 Å². The smallest absolute Gasteiger partial charge is 0.274 e. The maximum Gasteiger partial charge on any atom is 0.274 e. The maximum absolute atomic E-state index is 12.6. The topological polar surface area (TPSA) is 71.4 Å². The van der Waals surface area contributed by atoms with Gasteiger partial charge in [0.25, 0.3) is 5.56 Å². The fourth-order valence-corrected chi connectivity index (χ4v) is 2.92. The third kappa shape index (κ3) is 3.79. The van der Waals surface area contributed by atoms with Crippen LogP contribution in [0.15, 0.2) is 47.4 Å². The molecule has 1 aromatic carbocycles. The minimum atomic E-state index is -0.414. The summed E-state index contributed by atoms with van der Waals surface area (Å²) in [5, 5.41) is 2.68. The second-order valence-corrected chi connectivity index (χ2v) is 6.51. The summed E-state index contributed by atoms with van der Waals surface area (Å²) in [7, 11) is 1.67. The summed E-state index contributed by atoms with van der Waals surface area (Å²) in [6.07, 6.45) is 1.89. The first kappa shape index (κ1) is 17.0. The van der Waals surface area contributed by atoms with Gasteiger partial charge in [0.05, 0.1) is 12.5 Å². The van der Waals surface area contributed by atoms with Gasteiger partial charge in [-0.05, 0) is 24.6 Å². The molecule has 6 heteroatoms. The molecular weight excluding hydrogens is 318 g/mol. The van der Waals surface area contributed by atoms with Gasteiger partial charge < -0.3 is 14.8 Å². The van der Waals surface area contributed by atoms with Crippen LogP contribution in [0.1, 0.15) is 17.5 Å². The van der Waals surface area contributed by atoms with Gasteiger partial charge in [-0.3, -0.25) is 14.4 Å². The minimum absolute atomic E-state index is 0.0509. The van der Waals surface area contributed by atoms with Crippen molar-refractivity contribution in [3.05, 3.63) is 64.1 Å². The van der Waals surface area contributed by atoms with E-state index in [0.717, 1.165) is 11.1 Å². The molecule has 0 radical (unpaired) electrons. The molecule has 0 saturated carbocycles. The van der Waals surface area contributed by atoms with Crippen LogP contribution in [0.4, 0.5) is 5.69 Å². The minimum Gasteiger partial charge on any atom is -0.345 e. The van der Waals surface area contributed by atoms with Crippen molar-refractivity contribution in [1.82, 2.24) is 9.47 Å². The number of likely N-dealkylation sites (tertiary alicyclic amines) is 1. The summed E-state index contributed by atoms with van der Waals surface area (Å²) in [6, 6.07) is 11.3. The predicted octanol–water partition coefficient (Wildman–Crippen LogP) is 1.62. The van der Waals surface area contributed by atoms with Crippen LogP contribution in [0.5, 0.6) is 0 Å². The standard InChI is InChI=1S/C19H21N3O3/c1-13-5-7-14(8-6-13)11-22-9-3-4-16(19(22)25)20-18(24)15-10-17(23)21(2)12-15/h3-9,15H,10-12H2,1-2H3,(H,20,24). The first-order valence-corrected chi connectivity index (χ1v) is 8.24. The second-order valence-electron chi connectivity index (χ2n) is 6.51. The zero-order valence-electron chi connectivity index (χ0n) is 14.4. The summed E-state index contributed by atoms with van der Waals surface area (Å²) in [5.74, 6) is -0.754. The van der Waals surface area contributed by atoms with Gasteiger partial charge in [-0.2, -0.15) is 0 Å². The van der Waals surface area contributed by atoms with E-state index in [2.05, 4.69) is 5.32 Å². The molecule has 0 spiro atoms. The maximum atomic E-state index is 12.6.